The lowest BCUT2D eigenvalue weighted by atomic mass is 10.00. The van der Waals surface area contributed by atoms with E-state index in [1.165, 1.54) is 11.1 Å². The highest BCUT2D eigenvalue weighted by Gasteiger charge is 2.10. The van der Waals surface area contributed by atoms with Crippen LogP contribution in [0.2, 0.25) is 0 Å². The lowest BCUT2D eigenvalue weighted by molar-refractivity contribution is 0.483. The van der Waals surface area contributed by atoms with Crippen LogP contribution in [0.15, 0.2) is 36.7 Å². The average molecular weight is 271 g/mol. The van der Waals surface area contributed by atoms with Crippen molar-refractivity contribution in [2.24, 2.45) is 7.05 Å². The van der Waals surface area contributed by atoms with Crippen molar-refractivity contribution in [2.75, 3.05) is 6.54 Å². The quantitative estimate of drug-likeness (QED) is 0.839. The first-order chi connectivity index (χ1) is 9.69. The largest absolute Gasteiger partial charge is 0.338 e. The van der Waals surface area contributed by atoms with Crippen LogP contribution in [-0.4, -0.2) is 22.1 Å². The van der Waals surface area contributed by atoms with Crippen LogP contribution in [0.3, 0.4) is 0 Å². The first-order valence-electron chi connectivity index (χ1n) is 7.44. The van der Waals surface area contributed by atoms with Crippen LogP contribution in [0, 0.1) is 6.92 Å². The van der Waals surface area contributed by atoms with Crippen molar-refractivity contribution in [2.45, 2.75) is 39.2 Å². The maximum absolute atomic E-state index is 4.40. The first-order valence-corrected chi connectivity index (χ1v) is 7.44. The van der Waals surface area contributed by atoms with Crippen molar-refractivity contribution in [3.8, 4) is 0 Å². The molecule has 0 fully saturated rings. The van der Waals surface area contributed by atoms with E-state index in [0.29, 0.717) is 6.04 Å². The molecule has 20 heavy (non-hydrogen) atoms. The molecule has 1 heterocycles. The van der Waals surface area contributed by atoms with Gasteiger partial charge in [-0.1, -0.05) is 36.8 Å². The lowest BCUT2D eigenvalue weighted by Gasteiger charge is -2.18. The summed E-state index contributed by atoms with van der Waals surface area (Å²) in [7, 11) is 2.06. The molecule has 0 bridgehead atoms. The Labute approximate surface area is 122 Å². The number of likely N-dealkylation sites (N-methyl/N-ethyl adjacent to an activating group) is 1. The van der Waals surface area contributed by atoms with E-state index in [-0.39, 0.29) is 0 Å². The van der Waals surface area contributed by atoms with Crippen LogP contribution in [0.25, 0.3) is 0 Å². The molecular weight excluding hydrogens is 246 g/mol. The van der Waals surface area contributed by atoms with Crippen molar-refractivity contribution in [1.29, 1.82) is 0 Å². The maximum atomic E-state index is 4.40. The first kappa shape index (κ1) is 14.8. The molecule has 1 atom stereocenters. The van der Waals surface area contributed by atoms with Gasteiger partial charge in [0, 0.05) is 31.9 Å². The number of nitrogens with one attached hydrogen (secondary N) is 1. The molecule has 0 aliphatic rings. The summed E-state index contributed by atoms with van der Waals surface area (Å²) in [5.41, 5.74) is 2.75. The minimum Gasteiger partial charge on any atom is -0.338 e. The molecule has 0 saturated carbocycles. The highest BCUT2D eigenvalue weighted by atomic mass is 15.0. The summed E-state index contributed by atoms with van der Waals surface area (Å²) in [5, 5.41) is 3.60. The normalized spacial score (nSPS) is 12.6. The number of imidazole rings is 1. The highest BCUT2D eigenvalue weighted by molar-refractivity contribution is 5.23. The number of hydrogen-bond donors (Lipinski definition) is 1. The van der Waals surface area contributed by atoms with Crippen molar-refractivity contribution in [3.05, 3.63) is 53.6 Å². The van der Waals surface area contributed by atoms with E-state index in [1.54, 1.807) is 0 Å². The molecule has 108 valence electrons. The van der Waals surface area contributed by atoms with Crippen LogP contribution >= 0.6 is 0 Å². The zero-order valence-corrected chi connectivity index (χ0v) is 12.8. The molecule has 1 unspecified atom stereocenters. The molecular formula is C17H25N3. The molecule has 3 heteroatoms. The molecule has 3 nitrogen and oxygen atoms in total. The predicted molar refractivity (Wildman–Crippen MR) is 83.9 cm³/mol. The maximum Gasteiger partial charge on any atom is 0.108 e. The van der Waals surface area contributed by atoms with Crippen molar-refractivity contribution in [3.63, 3.8) is 0 Å². The van der Waals surface area contributed by atoms with Gasteiger partial charge in [0.25, 0.3) is 0 Å². The molecule has 0 radical (unpaired) electrons. The van der Waals surface area contributed by atoms with Gasteiger partial charge in [-0.3, -0.25) is 0 Å². The predicted octanol–water partition coefficient (Wildman–Crippen LogP) is 2.88. The van der Waals surface area contributed by atoms with E-state index in [2.05, 4.69) is 60.0 Å². The van der Waals surface area contributed by atoms with Gasteiger partial charge in [0.15, 0.2) is 0 Å². The van der Waals surface area contributed by atoms with E-state index in [1.807, 2.05) is 12.4 Å². The molecule has 0 amide bonds. The standard InChI is InChI=1S/C17H25N3/c1-4-18-16(8-9-17-19-10-11-20(17)3)13-15-7-5-6-14(2)12-15/h5-7,10-12,16,18H,4,8-9,13H2,1-3H3. The Balaban J connectivity index is 1.95. The second kappa shape index (κ2) is 7.25. The Morgan fingerprint density at radius 2 is 2.20 bits per heavy atom. The number of benzene rings is 1. The minimum absolute atomic E-state index is 0.513. The third-order valence-corrected chi connectivity index (χ3v) is 3.69. The fourth-order valence-corrected chi connectivity index (χ4v) is 2.63. The number of rotatable bonds is 7. The average Bonchev–Trinajstić information content (AvgIpc) is 2.82. The Morgan fingerprint density at radius 3 is 2.85 bits per heavy atom. The fraction of sp³-hybridized carbons (Fsp3) is 0.471. The molecule has 1 aromatic heterocycles. The van der Waals surface area contributed by atoms with Gasteiger partial charge < -0.3 is 9.88 Å². The fourth-order valence-electron chi connectivity index (χ4n) is 2.63. The van der Waals surface area contributed by atoms with E-state index in [4.69, 9.17) is 0 Å². The lowest BCUT2D eigenvalue weighted by Crippen LogP contribution is -2.31. The van der Waals surface area contributed by atoms with Crippen molar-refractivity contribution in [1.82, 2.24) is 14.9 Å². The van der Waals surface area contributed by atoms with Crippen molar-refractivity contribution < 1.29 is 0 Å². The highest BCUT2D eigenvalue weighted by Crippen LogP contribution is 2.11. The summed E-state index contributed by atoms with van der Waals surface area (Å²) in [6.45, 7) is 5.33. The molecule has 0 saturated heterocycles. The van der Waals surface area contributed by atoms with Crippen LogP contribution in [0.5, 0.6) is 0 Å². The summed E-state index contributed by atoms with van der Waals surface area (Å²) in [5.74, 6) is 1.16. The molecule has 2 aromatic rings. The number of aryl methyl sites for hydroxylation is 3. The summed E-state index contributed by atoms with van der Waals surface area (Å²) < 4.78 is 2.11. The Bertz CT molecular complexity index is 531. The van der Waals surface area contributed by atoms with Gasteiger partial charge in [-0.2, -0.15) is 0 Å². The van der Waals surface area contributed by atoms with Gasteiger partial charge in [-0.05, 0) is 31.9 Å². The zero-order chi connectivity index (χ0) is 14.4. The smallest absolute Gasteiger partial charge is 0.108 e. The molecule has 0 aliphatic heterocycles. The number of hydrogen-bond acceptors (Lipinski definition) is 2. The molecule has 0 aliphatic carbocycles. The number of nitrogens with zero attached hydrogens (tertiary/aromatic N) is 2. The summed E-state index contributed by atoms with van der Waals surface area (Å²) in [6.07, 6.45) is 7.11. The molecule has 1 N–H and O–H groups in total. The van der Waals surface area contributed by atoms with E-state index >= 15 is 0 Å². The van der Waals surface area contributed by atoms with Crippen LogP contribution < -0.4 is 5.32 Å². The van der Waals surface area contributed by atoms with Gasteiger partial charge >= 0.3 is 0 Å². The Morgan fingerprint density at radius 1 is 1.35 bits per heavy atom. The monoisotopic (exact) mass is 271 g/mol. The topological polar surface area (TPSA) is 29.9 Å². The number of aromatic nitrogens is 2. The third kappa shape index (κ3) is 4.20. The second-order valence-electron chi connectivity index (χ2n) is 5.44. The Hall–Kier alpha value is -1.61. The van der Waals surface area contributed by atoms with Gasteiger partial charge in [-0.25, -0.2) is 4.98 Å². The minimum atomic E-state index is 0.513. The Kier molecular flexibility index (Phi) is 5.36. The van der Waals surface area contributed by atoms with Gasteiger partial charge in [0.1, 0.15) is 5.82 Å². The third-order valence-electron chi connectivity index (χ3n) is 3.69. The van der Waals surface area contributed by atoms with Gasteiger partial charge in [0.2, 0.25) is 0 Å². The van der Waals surface area contributed by atoms with E-state index in [0.717, 1.165) is 31.6 Å². The van der Waals surface area contributed by atoms with E-state index < -0.39 is 0 Å². The van der Waals surface area contributed by atoms with E-state index in [9.17, 15) is 0 Å². The molecule has 2 rings (SSSR count). The molecule has 1 aromatic carbocycles. The van der Waals surface area contributed by atoms with Gasteiger partial charge in [0.05, 0.1) is 0 Å². The summed E-state index contributed by atoms with van der Waals surface area (Å²) in [6, 6.07) is 9.31. The molecule has 0 spiro atoms. The summed E-state index contributed by atoms with van der Waals surface area (Å²) in [4.78, 5) is 4.40. The van der Waals surface area contributed by atoms with Crippen LogP contribution in [0.4, 0.5) is 0 Å². The van der Waals surface area contributed by atoms with Crippen LogP contribution in [-0.2, 0) is 19.9 Å². The van der Waals surface area contributed by atoms with Crippen LogP contribution in [0.1, 0.15) is 30.3 Å². The van der Waals surface area contributed by atoms with Gasteiger partial charge in [-0.15, -0.1) is 0 Å². The second-order valence-corrected chi connectivity index (χ2v) is 5.44. The zero-order valence-electron chi connectivity index (χ0n) is 12.8. The SMILES string of the molecule is CCNC(CCc1nccn1C)Cc1cccc(C)c1. The van der Waals surface area contributed by atoms with Crippen molar-refractivity contribution >= 4 is 0 Å². The summed E-state index contributed by atoms with van der Waals surface area (Å²) >= 11 is 0.